The molecule has 1 heterocycles. The Morgan fingerprint density at radius 3 is 2.52 bits per heavy atom. The molecule has 0 unspecified atom stereocenters. The van der Waals surface area contributed by atoms with Crippen LogP contribution in [0.4, 0.5) is 18.0 Å². The molecule has 0 bridgehead atoms. The maximum atomic E-state index is 14.2. The van der Waals surface area contributed by atoms with Crippen LogP contribution in [-0.4, -0.2) is 15.6 Å². The Bertz CT molecular complexity index is 1200. The van der Waals surface area contributed by atoms with E-state index < -0.39 is 34.7 Å². The van der Waals surface area contributed by atoms with Crippen molar-refractivity contribution in [1.82, 2.24) is 14.9 Å². The molecule has 162 valence electrons. The monoisotopic (exact) mass is 496 g/mol. The molecule has 0 aliphatic rings. The molecule has 0 spiro atoms. The Kier molecular flexibility index (Phi) is 6.64. The van der Waals surface area contributed by atoms with Crippen molar-refractivity contribution < 1.29 is 22.7 Å². The molecule has 0 aliphatic heterocycles. The number of urea groups is 1. The van der Waals surface area contributed by atoms with Gasteiger partial charge in [0.25, 0.3) is 5.56 Å². The Balaban J connectivity index is 1.93. The quantitative estimate of drug-likeness (QED) is 0.545. The van der Waals surface area contributed by atoms with Gasteiger partial charge in [-0.15, -0.1) is 0 Å². The van der Waals surface area contributed by atoms with Crippen LogP contribution in [0.1, 0.15) is 17.0 Å². The van der Waals surface area contributed by atoms with Gasteiger partial charge in [0.15, 0.2) is 0 Å². The number of carbonyl (C=O) groups excluding carboxylic acids is 1. The molecular formula is C20H16BrF3N4O3. The molecule has 0 aliphatic carbocycles. The van der Waals surface area contributed by atoms with Crippen molar-refractivity contribution in [3.8, 4) is 11.6 Å². The lowest BCUT2D eigenvalue weighted by Crippen LogP contribution is -2.29. The van der Waals surface area contributed by atoms with E-state index in [4.69, 9.17) is 10.5 Å². The van der Waals surface area contributed by atoms with E-state index in [0.717, 1.165) is 16.7 Å². The molecule has 0 atom stereocenters. The van der Waals surface area contributed by atoms with Crippen molar-refractivity contribution in [1.29, 1.82) is 0 Å². The van der Waals surface area contributed by atoms with Gasteiger partial charge in [-0.25, -0.2) is 18.0 Å². The summed E-state index contributed by atoms with van der Waals surface area (Å²) >= 11 is 3.07. The molecule has 0 radical (unpaired) electrons. The SMILES string of the molecule is Cc1nc(OCc2ccc(F)cc2CNC(N)=O)c(Br)c(=O)n1-c1c(F)cccc1F. The largest absolute Gasteiger partial charge is 0.472 e. The van der Waals surface area contributed by atoms with Crippen molar-refractivity contribution in [2.45, 2.75) is 20.1 Å². The first-order valence-corrected chi connectivity index (χ1v) is 9.65. The summed E-state index contributed by atoms with van der Waals surface area (Å²) < 4.78 is 48.1. The summed E-state index contributed by atoms with van der Waals surface area (Å²) in [6.07, 6.45) is 0. The fourth-order valence-electron chi connectivity index (χ4n) is 2.87. The standard InChI is InChI=1S/C20H16BrF3N4O3/c1-10-27-18(16(21)19(29)28(10)17-14(23)3-2-4-15(17)24)31-9-11-5-6-13(22)7-12(11)8-26-20(25)30/h2-7H,8-9H2,1H3,(H3,25,26,30). The lowest BCUT2D eigenvalue weighted by Gasteiger charge is -2.15. The van der Waals surface area contributed by atoms with E-state index in [0.29, 0.717) is 11.1 Å². The van der Waals surface area contributed by atoms with Crippen molar-refractivity contribution in [3.63, 3.8) is 0 Å². The van der Waals surface area contributed by atoms with E-state index in [-0.39, 0.29) is 29.3 Å². The number of benzene rings is 2. The molecule has 7 nitrogen and oxygen atoms in total. The molecule has 0 saturated carbocycles. The first-order valence-electron chi connectivity index (χ1n) is 8.86. The number of primary amides is 1. The van der Waals surface area contributed by atoms with Crippen LogP contribution in [0.25, 0.3) is 5.69 Å². The van der Waals surface area contributed by atoms with Crippen LogP contribution < -0.4 is 21.3 Å². The predicted molar refractivity (Wildman–Crippen MR) is 109 cm³/mol. The number of hydrogen-bond acceptors (Lipinski definition) is 4. The molecule has 3 aromatic rings. The maximum absolute atomic E-state index is 14.2. The molecule has 2 aromatic carbocycles. The molecule has 11 heteroatoms. The maximum Gasteiger partial charge on any atom is 0.312 e. The molecule has 0 saturated heterocycles. The highest BCUT2D eigenvalue weighted by atomic mass is 79.9. The zero-order valence-corrected chi connectivity index (χ0v) is 17.7. The summed E-state index contributed by atoms with van der Waals surface area (Å²) in [6, 6.07) is 6.32. The summed E-state index contributed by atoms with van der Waals surface area (Å²) in [4.78, 5) is 27.8. The number of nitrogens with two attached hydrogens (primary N) is 1. The van der Waals surface area contributed by atoms with Crippen LogP contribution >= 0.6 is 15.9 Å². The summed E-state index contributed by atoms with van der Waals surface area (Å²) in [5.41, 5.74) is 4.63. The summed E-state index contributed by atoms with van der Waals surface area (Å²) in [7, 11) is 0. The second kappa shape index (κ2) is 9.21. The molecule has 3 rings (SSSR count). The molecule has 31 heavy (non-hydrogen) atoms. The number of aryl methyl sites for hydroxylation is 1. The number of para-hydroxylation sites is 1. The number of amides is 2. The van der Waals surface area contributed by atoms with Crippen molar-refractivity contribution in [2.75, 3.05) is 0 Å². The van der Waals surface area contributed by atoms with Crippen molar-refractivity contribution in [2.24, 2.45) is 5.73 Å². The van der Waals surface area contributed by atoms with Gasteiger partial charge in [0.2, 0.25) is 5.88 Å². The van der Waals surface area contributed by atoms with Crippen LogP contribution in [0.5, 0.6) is 5.88 Å². The lowest BCUT2D eigenvalue weighted by atomic mass is 10.1. The van der Waals surface area contributed by atoms with E-state index in [2.05, 4.69) is 26.2 Å². The third kappa shape index (κ3) is 4.88. The van der Waals surface area contributed by atoms with Crippen molar-refractivity contribution >= 4 is 22.0 Å². The highest BCUT2D eigenvalue weighted by Gasteiger charge is 2.20. The topological polar surface area (TPSA) is 99.2 Å². The predicted octanol–water partition coefficient (Wildman–Crippen LogP) is 3.47. The van der Waals surface area contributed by atoms with E-state index in [1.54, 1.807) is 0 Å². The minimum atomic E-state index is -0.925. The first kappa shape index (κ1) is 22.3. The smallest absolute Gasteiger partial charge is 0.312 e. The van der Waals surface area contributed by atoms with E-state index in [9.17, 15) is 22.8 Å². The number of nitrogens with one attached hydrogen (secondary N) is 1. The molecular weight excluding hydrogens is 481 g/mol. The van der Waals surface area contributed by atoms with Gasteiger partial charge in [0, 0.05) is 6.54 Å². The third-order valence-electron chi connectivity index (χ3n) is 4.31. The van der Waals surface area contributed by atoms with Crippen molar-refractivity contribution in [3.05, 3.63) is 85.6 Å². The summed E-state index contributed by atoms with van der Waals surface area (Å²) in [6.45, 7) is 1.23. The number of rotatable bonds is 6. The number of ether oxygens (including phenoxy) is 1. The third-order valence-corrected chi connectivity index (χ3v) is 4.99. The number of halogens is 4. The van der Waals surface area contributed by atoms with E-state index in [1.807, 2.05) is 0 Å². The van der Waals surface area contributed by atoms with E-state index >= 15 is 0 Å². The van der Waals surface area contributed by atoms with Crippen LogP contribution in [0.3, 0.4) is 0 Å². The summed E-state index contributed by atoms with van der Waals surface area (Å²) in [5.74, 6) is -2.50. The zero-order chi connectivity index (χ0) is 22.7. The molecule has 1 aromatic heterocycles. The average molecular weight is 497 g/mol. The van der Waals surface area contributed by atoms with Crippen LogP contribution in [-0.2, 0) is 13.2 Å². The minimum absolute atomic E-state index is 0.0121. The van der Waals surface area contributed by atoms with Crippen LogP contribution in [0.15, 0.2) is 45.7 Å². The normalized spacial score (nSPS) is 10.7. The minimum Gasteiger partial charge on any atom is -0.472 e. The van der Waals surface area contributed by atoms with Gasteiger partial charge >= 0.3 is 6.03 Å². The molecule has 3 N–H and O–H groups in total. The average Bonchev–Trinajstić information content (AvgIpc) is 2.71. The molecule has 2 amide bonds. The fourth-order valence-corrected chi connectivity index (χ4v) is 3.25. The highest BCUT2D eigenvalue weighted by Crippen LogP contribution is 2.24. The first-order chi connectivity index (χ1) is 14.7. The highest BCUT2D eigenvalue weighted by molar-refractivity contribution is 9.10. The number of nitrogens with zero attached hydrogens (tertiary/aromatic N) is 2. The van der Waals surface area contributed by atoms with Gasteiger partial charge < -0.3 is 15.8 Å². The zero-order valence-electron chi connectivity index (χ0n) is 16.1. The van der Waals surface area contributed by atoms with Crippen LogP contribution in [0.2, 0.25) is 0 Å². The Labute approximate surface area is 182 Å². The fraction of sp³-hybridized carbons (Fsp3) is 0.150. The number of hydrogen-bond donors (Lipinski definition) is 2. The Hall–Kier alpha value is -3.34. The number of aromatic nitrogens is 2. The van der Waals surface area contributed by atoms with Gasteiger partial charge in [-0.1, -0.05) is 12.1 Å². The van der Waals surface area contributed by atoms with Gasteiger partial charge in [0.1, 0.15) is 40.0 Å². The van der Waals surface area contributed by atoms with E-state index in [1.165, 1.54) is 31.2 Å². The van der Waals surface area contributed by atoms with Gasteiger partial charge in [0.05, 0.1) is 0 Å². The number of carbonyl (C=O) groups is 1. The van der Waals surface area contributed by atoms with Gasteiger partial charge in [-0.05, 0) is 58.2 Å². The Morgan fingerprint density at radius 2 is 1.87 bits per heavy atom. The molecule has 0 fully saturated rings. The van der Waals surface area contributed by atoms with Gasteiger partial charge in [-0.3, -0.25) is 9.36 Å². The van der Waals surface area contributed by atoms with Crippen LogP contribution in [0, 0.1) is 24.4 Å². The van der Waals surface area contributed by atoms with Gasteiger partial charge in [-0.2, -0.15) is 4.98 Å². The Morgan fingerprint density at radius 1 is 1.19 bits per heavy atom. The second-order valence-electron chi connectivity index (χ2n) is 6.41. The lowest BCUT2D eigenvalue weighted by molar-refractivity contribution is 0.248. The second-order valence-corrected chi connectivity index (χ2v) is 7.20. The summed E-state index contributed by atoms with van der Waals surface area (Å²) in [5, 5.41) is 2.36.